The third-order valence-corrected chi connectivity index (χ3v) is 4.15. The van der Waals surface area contributed by atoms with Gasteiger partial charge in [0.1, 0.15) is 0 Å². The molecule has 0 bridgehead atoms. The first-order valence-electron chi connectivity index (χ1n) is 8.57. The van der Waals surface area contributed by atoms with Crippen LogP contribution >= 0.6 is 11.6 Å². The summed E-state index contributed by atoms with van der Waals surface area (Å²) < 4.78 is 85.7. The Morgan fingerprint density at radius 3 is 2.19 bits per heavy atom. The van der Waals surface area contributed by atoms with Crippen LogP contribution in [0.3, 0.4) is 0 Å². The summed E-state index contributed by atoms with van der Waals surface area (Å²) in [6.07, 6.45) is -10.4. The van der Waals surface area contributed by atoms with Crippen molar-refractivity contribution in [2.24, 2.45) is 0 Å². The predicted octanol–water partition coefficient (Wildman–Crippen LogP) is 5.02. The molecule has 2 rings (SSSR count). The van der Waals surface area contributed by atoms with Gasteiger partial charge in [-0.1, -0.05) is 23.7 Å². The third-order valence-electron chi connectivity index (χ3n) is 3.92. The van der Waals surface area contributed by atoms with E-state index in [1.165, 1.54) is 24.4 Å². The van der Waals surface area contributed by atoms with Crippen molar-refractivity contribution >= 4 is 29.2 Å². The normalized spacial score (nSPS) is 13.8. The van der Waals surface area contributed by atoms with E-state index in [2.05, 4.69) is 4.74 Å². The zero-order valence-electron chi connectivity index (χ0n) is 15.7. The van der Waals surface area contributed by atoms with Crippen LogP contribution in [0.25, 0.3) is 0 Å². The van der Waals surface area contributed by atoms with Crippen molar-refractivity contribution in [1.29, 1.82) is 0 Å². The van der Waals surface area contributed by atoms with Gasteiger partial charge in [-0.05, 0) is 43.3 Å². The largest absolute Gasteiger partial charge is 0.463 e. The molecule has 0 saturated heterocycles. The third kappa shape index (κ3) is 5.60. The fraction of sp³-hybridized carbons (Fsp3) is 0.263. The minimum atomic E-state index is -5.51. The predicted molar refractivity (Wildman–Crippen MR) is 99.4 cm³/mol. The summed E-state index contributed by atoms with van der Waals surface area (Å²) in [5.74, 6) is -3.33. The number of amides is 1. The van der Waals surface area contributed by atoms with Crippen molar-refractivity contribution in [2.45, 2.75) is 24.9 Å². The Balaban J connectivity index is 2.56. The van der Waals surface area contributed by atoms with Crippen molar-refractivity contribution in [3.63, 3.8) is 0 Å². The summed E-state index contributed by atoms with van der Waals surface area (Å²) in [7, 11) is 0. The highest BCUT2D eigenvalue weighted by Crippen LogP contribution is 2.36. The standard InChI is InChI=1S/C19H15ClF6N2O3/c1-2-31-16(30)17(19(24,25)26,28-15(29)11-5-3-7-13(20)9-11)27-14-8-4-6-12(10-14)18(21,22)23/h3-10,27H,2H2,1H3,(H,28,29)/t17-/m1/s1. The first-order valence-corrected chi connectivity index (χ1v) is 8.95. The van der Waals surface area contributed by atoms with Crippen molar-refractivity contribution < 1.29 is 40.7 Å². The van der Waals surface area contributed by atoms with E-state index in [4.69, 9.17) is 11.6 Å². The fourth-order valence-electron chi connectivity index (χ4n) is 2.49. The van der Waals surface area contributed by atoms with Gasteiger partial charge >= 0.3 is 24.0 Å². The molecule has 12 heteroatoms. The van der Waals surface area contributed by atoms with Crippen LogP contribution in [0.5, 0.6) is 0 Å². The summed E-state index contributed by atoms with van der Waals surface area (Å²) in [6, 6.07) is 7.56. The van der Waals surface area contributed by atoms with Gasteiger partial charge in [0.15, 0.2) is 0 Å². The quantitative estimate of drug-likeness (QED) is 0.355. The number of benzene rings is 2. The molecular formula is C19H15ClF6N2O3. The summed E-state index contributed by atoms with van der Waals surface area (Å²) in [5.41, 5.74) is -6.20. The molecule has 31 heavy (non-hydrogen) atoms. The molecule has 0 aromatic heterocycles. The minimum absolute atomic E-state index is 0.0345. The lowest BCUT2D eigenvalue weighted by atomic mass is 10.1. The van der Waals surface area contributed by atoms with E-state index in [0.717, 1.165) is 24.3 Å². The summed E-state index contributed by atoms with van der Waals surface area (Å²) >= 11 is 5.74. The molecule has 0 fully saturated rings. The van der Waals surface area contributed by atoms with E-state index in [1.54, 1.807) is 5.32 Å². The van der Waals surface area contributed by atoms with Crippen LogP contribution in [-0.4, -0.2) is 30.3 Å². The van der Waals surface area contributed by atoms with E-state index in [0.29, 0.717) is 12.1 Å². The number of alkyl halides is 6. The molecule has 0 aliphatic carbocycles. The summed E-state index contributed by atoms with van der Waals surface area (Å²) in [5, 5.41) is 3.23. The van der Waals surface area contributed by atoms with E-state index in [9.17, 15) is 35.9 Å². The number of hydrogen-bond donors (Lipinski definition) is 2. The molecule has 0 heterocycles. The van der Waals surface area contributed by atoms with Crippen LogP contribution in [0.4, 0.5) is 32.0 Å². The Hall–Kier alpha value is -2.95. The average Bonchev–Trinajstić information content (AvgIpc) is 2.66. The van der Waals surface area contributed by atoms with Gasteiger partial charge in [-0.2, -0.15) is 26.3 Å². The van der Waals surface area contributed by atoms with E-state index < -0.39 is 47.7 Å². The molecule has 0 aliphatic rings. The molecule has 168 valence electrons. The first kappa shape index (κ1) is 24.3. The molecule has 1 amide bonds. The molecule has 0 unspecified atom stereocenters. The molecule has 5 nitrogen and oxygen atoms in total. The second-order valence-corrected chi connectivity index (χ2v) is 6.57. The zero-order chi connectivity index (χ0) is 23.4. The highest BCUT2D eigenvalue weighted by Gasteiger charge is 2.63. The molecule has 2 aromatic rings. The topological polar surface area (TPSA) is 67.4 Å². The maximum Gasteiger partial charge on any atom is 0.441 e. The van der Waals surface area contributed by atoms with Crippen LogP contribution in [0.1, 0.15) is 22.8 Å². The number of carbonyl (C=O) groups excluding carboxylic acids is 2. The molecule has 2 aromatic carbocycles. The number of rotatable bonds is 6. The lowest BCUT2D eigenvalue weighted by molar-refractivity contribution is -0.204. The van der Waals surface area contributed by atoms with Crippen LogP contribution in [-0.2, 0) is 15.7 Å². The monoisotopic (exact) mass is 468 g/mol. The lowest BCUT2D eigenvalue weighted by Crippen LogP contribution is -2.69. The van der Waals surface area contributed by atoms with Gasteiger partial charge < -0.3 is 15.4 Å². The Kier molecular flexibility index (Phi) is 7.10. The molecule has 0 spiro atoms. The Morgan fingerprint density at radius 1 is 1.00 bits per heavy atom. The molecule has 0 saturated carbocycles. The zero-order valence-corrected chi connectivity index (χ0v) is 16.5. The molecule has 0 aliphatic heterocycles. The number of carbonyl (C=O) groups is 2. The smallest absolute Gasteiger partial charge is 0.441 e. The highest BCUT2D eigenvalue weighted by atomic mass is 35.5. The maximum absolute atomic E-state index is 14.1. The van der Waals surface area contributed by atoms with Crippen molar-refractivity contribution in [1.82, 2.24) is 5.32 Å². The van der Waals surface area contributed by atoms with Crippen LogP contribution in [0.15, 0.2) is 48.5 Å². The van der Waals surface area contributed by atoms with Gasteiger partial charge in [0.25, 0.3) is 5.91 Å². The second-order valence-electron chi connectivity index (χ2n) is 6.14. The molecule has 1 atom stereocenters. The number of anilines is 1. The van der Waals surface area contributed by atoms with Crippen molar-refractivity contribution in [3.8, 4) is 0 Å². The van der Waals surface area contributed by atoms with Gasteiger partial charge in [-0.15, -0.1) is 0 Å². The van der Waals surface area contributed by atoms with Gasteiger partial charge in [0.05, 0.1) is 12.2 Å². The Labute approximate surface area is 177 Å². The van der Waals surface area contributed by atoms with Crippen molar-refractivity contribution in [2.75, 3.05) is 11.9 Å². The average molecular weight is 469 g/mol. The Bertz CT molecular complexity index is 964. The Morgan fingerprint density at radius 2 is 1.65 bits per heavy atom. The second kappa shape index (κ2) is 9.04. The molecule has 2 N–H and O–H groups in total. The highest BCUT2D eigenvalue weighted by molar-refractivity contribution is 6.31. The number of hydrogen-bond acceptors (Lipinski definition) is 4. The first-order chi connectivity index (χ1) is 14.3. The van der Waals surface area contributed by atoms with E-state index in [1.807, 2.05) is 0 Å². The van der Waals surface area contributed by atoms with Crippen LogP contribution in [0, 0.1) is 0 Å². The minimum Gasteiger partial charge on any atom is -0.463 e. The molecule has 0 radical (unpaired) electrons. The van der Waals surface area contributed by atoms with E-state index in [-0.39, 0.29) is 10.6 Å². The van der Waals surface area contributed by atoms with Gasteiger partial charge in [-0.25, -0.2) is 4.79 Å². The van der Waals surface area contributed by atoms with Gasteiger partial charge in [0, 0.05) is 16.3 Å². The van der Waals surface area contributed by atoms with Crippen LogP contribution in [0.2, 0.25) is 5.02 Å². The van der Waals surface area contributed by atoms with Crippen LogP contribution < -0.4 is 10.6 Å². The molecular weight excluding hydrogens is 454 g/mol. The van der Waals surface area contributed by atoms with E-state index >= 15 is 0 Å². The fourth-order valence-corrected chi connectivity index (χ4v) is 2.68. The summed E-state index contributed by atoms with van der Waals surface area (Å²) in [4.78, 5) is 24.9. The SMILES string of the molecule is CCOC(=O)[C@](NC(=O)c1cccc(Cl)c1)(Nc1cccc(C(F)(F)F)c1)C(F)(F)F. The number of esters is 1. The lowest BCUT2D eigenvalue weighted by Gasteiger charge is -2.35. The van der Waals surface area contributed by atoms with Gasteiger partial charge in [0.2, 0.25) is 0 Å². The number of halogens is 7. The number of nitrogens with one attached hydrogen (secondary N) is 2. The van der Waals surface area contributed by atoms with Gasteiger partial charge in [-0.3, -0.25) is 4.79 Å². The maximum atomic E-state index is 14.1. The van der Waals surface area contributed by atoms with Crippen molar-refractivity contribution in [3.05, 3.63) is 64.7 Å². The summed E-state index contributed by atoms with van der Waals surface area (Å²) in [6.45, 7) is 0.732. The number of ether oxygens (including phenoxy) is 1.